The number of rotatable bonds is 5. The highest BCUT2D eigenvalue weighted by Gasteiger charge is 2.15. The minimum Gasteiger partial charge on any atom is -0.261 e. The predicted molar refractivity (Wildman–Crippen MR) is 94.4 cm³/mol. The molecule has 0 radical (unpaired) electrons. The lowest BCUT2D eigenvalue weighted by molar-refractivity contribution is 0.602. The molecule has 1 aliphatic heterocycles. The molecule has 1 aromatic carbocycles. The number of aromatic nitrogens is 2. The molecule has 0 aliphatic carbocycles. The van der Waals surface area contributed by atoms with Gasteiger partial charge in [0.1, 0.15) is 0 Å². The molecule has 1 atom stereocenters. The fourth-order valence-electron chi connectivity index (χ4n) is 2.72. The van der Waals surface area contributed by atoms with Gasteiger partial charge >= 0.3 is 0 Å². The van der Waals surface area contributed by atoms with Crippen LogP contribution < -0.4 is 0 Å². The minimum absolute atomic E-state index is 0.323. The van der Waals surface area contributed by atoms with Gasteiger partial charge in [-0.15, -0.1) is 0 Å². The van der Waals surface area contributed by atoms with Gasteiger partial charge in [-0.1, -0.05) is 12.1 Å². The van der Waals surface area contributed by atoms with Gasteiger partial charge in [-0.2, -0.15) is 11.8 Å². The molecule has 1 saturated heterocycles. The topological polar surface area (TPSA) is 59.9 Å². The maximum absolute atomic E-state index is 11.5. The van der Waals surface area contributed by atoms with Crippen LogP contribution in [-0.4, -0.2) is 35.6 Å². The van der Waals surface area contributed by atoms with Gasteiger partial charge in [0, 0.05) is 23.3 Å². The maximum Gasteiger partial charge on any atom is 0.175 e. The number of hydrogen-bond acceptors (Lipinski definition) is 5. The van der Waals surface area contributed by atoms with Crippen LogP contribution in [0.5, 0.6) is 0 Å². The summed E-state index contributed by atoms with van der Waals surface area (Å²) in [6, 6.07) is 6.82. The number of aryl methyl sites for hydroxylation is 1. The molecule has 23 heavy (non-hydrogen) atoms. The average Bonchev–Trinajstić information content (AvgIpc) is 3.06. The Hall–Kier alpha value is -1.40. The lowest BCUT2D eigenvalue weighted by Crippen LogP contribution is -2.02. The molecule has 0 bridgehead atoms. The summed E-state index contributed by atoms with van der Waals surface area (Å²) in [4.78, 5) is 9.29. The van der Waals surface area contributed by atoms with Gasteiger partial charge in [0.15, 0.2) is 9.84 Å². The van der Waals surface area contributed by atoms with Gasteiger partial charge in [0.2, 0.25) is 0 Å². The summed E-state index contributed by atoms with van der Waals surface area (Å²) in [6.07, 6.45) is 9.49. The largest absolute Gasteiger partial charge is 0.261 e. The van der Waals surface area contributed by atoms with Crippen molar-refractivity contribution in [1.29, 1.82) is 0 Å². The molecule has 1 fully saturated rings. The van der Waals surface area contributed by atoms with Crippen LogP contribution in [0, 0.1) is 0 Å². The summed E-state index contributed by atoms with van der Waals surface area (Å²) in [5, 5.41) is 0.759. The van der Waals surface area contributed by atoms with E-state index in [2.05, 4.69) is 21.7 Å². The fourth-order valence-corrected chi connectivity index (χ4v) is 4.63. The fraction of sp³-hybridized carbons (Fsp3) is 0.412. The highest BCUT2D eigenvalue weighted by Crippen LogP contribution is 2.29. The Bertz CT molecular complexity index is 767. The second-order valence-electron chi connectivity index (χ2n) is 5.87. The number of nitrogens with zero attached hydrogens (tertiary/aromatic N) is 2. The maximum atomic E-state index is 11.5. The molecular formula is C17H20N2O2S2. The van der Waals surface area contributed by atoms with E-state index in [0.717, 1.165) is 35.0 Å². The van der Waals surface area contributed by atoms with E-state index in [1.807, 2.05) is 6.20 Å². The molecule has 2 aromatic rings. The number of hydrogen-bond donors (Lipinski definition) is 0. The minimum atomic E-state index is -3.17. The zero-order chi connectivity index (χ0) is 16.3. The monoisotopic (exact) mass is 348 g/mol. The Morgan fingerprint density at radius 2 is 2.00 bits per heavy atom. The van der Waals surface area contributed by atoms with Crippen molar-refractivity contribution in [3.05, 3.63) is 42.4 Å². The van der Waals surface area contributed by atoms with Crippen molar-refractivity contribution in [3.63, 3.8) is 0 Å². The molecule has 1 aromatic heterocycles. The molecule has 1 aliphatic rings. The quantitative estimate of drug-likeness (QED) is 0.829. The summed E-state index contributed by atoms with van der Waals surface area (Å²) in [5.41, 5.74) is 2.69. The van der Waals surface area contributed by atoms with Gasteiger partial charge in [-0.05, 0) is 43.6 Å². The SMILES string of the molecule is CS(=O)(=O)c1ccc(-c2cncc(CC[C@H]3CCCS3)n2)cc1. The van der Waals surface area contributed by atoms with Crippen molar-refractivity contribution in [2.75, 3.05) is 12.0 Å². The average molecular weight is 348 g/mol. The summed E-state index contributed by atoms with van der Waals surface area (Å²) in [5.74, 6) is 1.28. The molecule has 0 amide bonds. The van der Waals surface area contributed by atoms with Gasteiger partial charge < -0.3 is 0 Å². The zero-order valence-corrected chi connectivity index (χ0v) is 14.7. The molecule has 0 unspecified atom stereocenters. The van der Waals surface area contributed by atoms with E-state index in [1.54, 1.807) is 30.5 Å². The first-order chi connectivity index (χ1) is 11.0. The molecule has 0 N–H and O–H groups in total. The first-order valence-corrected chi connectivity index (χ1v) is 10.7. The summed E-state index contributed by atoms with van der Waals surface area (Å²) in [7, 11) is -3.17. The molecular weight excluding hydrogens is 328 g/mol. The van der Waals surface area contributed by atoms with E-state index in [1.165, 1.54) is 24.9 Å². The number of thioether (sulfide) groups is 1. The lowest BCUT2D eigenvalue weighted by Gasteiger charge is -2.08. The van der Waals surface area contributed by atoms with Crippen molar-refractivity contribution in [2.45, 2.75) is 35.8 Å². The molecule has 0 spiro atoms. The van der Waals surface area contributed by atoms with Crippen LogP contribution in [0.2, 0.25) is 0 Å². The van der Waals surface area contributed by atoms with E-state index >= 15 is 0 Å². The molecule has 6 heteroatoms. The highest BCUT2D eigenvalue weighted by atomic mass is 32.2. The Morgan fingerprint density at radius 3 is 2.65 bits per heavy atom. The number of sulfone groups is 1. The van der Waals surface area contributed by atoms with E-state index in [4.69, 9.17) is 0 Å². The van der Waals surface area contributed by atoms with Crippen molar-refractivity contribution in [3.8, 4) is 11.3 Å². The van der Waals surface area contributed by atoms with Crippen LogP contribution >= 0.6 is 11.8 Å². The first kappa shape index (κ1) is 16.5. The third kappa shape index (κ3) is 4.32. The van der Waals surface area contributed by atoms with Gasteiger partial charge in [-0.3, -0.25) is 4.98 Å². The zero-order valence-electron chi connectivity index (χ0n) is 13.1. The Morgan fingerprint density at radius 1 is 1.22 bits per heavy atom. The smallest absolute Gasteiger partial charge is 0.175 e. The lowest BCUT2D eigenvalue weighted by atomic mass is 10.1. The molecule has 0 saturated carbocycles. The second-order valence-corrected chi connectivity index (χ2v) is 9.29. The highest BCUT2D eigenvalue weighted by molar-refractivity contribution is 8.00. The van der Waals surface area contributed by atoms with Gasteiger partial charge in [0.25, 0.3) is 0 Å². The van der Waals surface area contributed by atoms with Crippen molar-refractivity contribution in [1.82, 2.24) is 9.97 Å². The van der Waals surface area contributed by atoms with Crippen molar-refractivity contribution >= 4 is 21.6 Å². The van der Waals surface area contributed by atoms with Crippen molar-refractivity contribution in [2.24, 2.45) is 0 Å². The standard InChI is InChI=1S/C17H20N2O2S2/c1-23(20,21)16-8-4-13(5-9-16)17-12-18-11-14(19-17)6-7-15-3-2-10-22-15/h4-5,8-9,11-12,15H,2-3,6-7,10H2,1H3/t15-/m1/s1. The summed E-state index contributed by atoms with van der Waals surface area (Å²) >= 11 is 2.06. The predicted octanol–water partition coefficient (Wildman–Crippen LogP) is 3.38. The molecule has 4 nitrogen and oxygen atoms in total. The Labute approximate surface area is 141 Å². The van der Waals surface area contributed by atoms with Crippen LogP contribution in [0.25, 0.3) is 11.3 Å². The van der Waals surface area contributed by atoms with Crippen LogP contribution in [0.15, 0.2) is 41.6 Å². The van der Waals surface area contributed by atoms with E-state index < -0.39 is 9.84 Å². The third-order valence-corrected chi connectivity index (χ3v) is 6.60. The Balaban J connectivity index is 1.73. The molecule has 2 heterocycles. The van der Waals surface area contributed by atoms with Gasteiger partial charge in [0.05, 0.1) is 22.5 Å². The van der Waals surface area contributed by atoms with Crippen molar-refractivity contribution < 1.29 is 8.42 Å². The van der Waals surface area contributed by atoms with E-state index in [-0.39, 0.29) is 0 Å². The number of benzene rings is 1. The second kappa shape index (κ2) is 7.01. The molecule has 122 valence electrons. The van der Waals surface area contributed by atoms with E-state index in [0.29, 0.717) is 4.90 Å². The van der Waals surface area contributed by atoms with Crippen LogP contribution in [0.4, 0.5) is 0 Å². The third-order valence-electron chi connectivity index (χ3n) is 4.01. The van der Waals surface area contributed by atoms with Gasteiger partial charge in [-0.25, -0.2) is 13.4 Å². The van der Waals surface area contributed by atoms with Crippen LogP contribution in [0.1, 0.15) is 25.0 Å². The van der Waals surface area contributed by atoms with E-state index in [9.17, 15) is 8.42 Å². The molecule has 3 rings (SSSR count). The summed E-state index contributed by atoms with van der Waals surface area (Å²) in [6.45, 7) is 0. The first-order valence-electron chi connectivity index (χ1n) is 7.75. The van der Waals surface area contributed by atoms with Crippen LogP contribution in [-0.2, 0) is 16.3 Å². The van der Waals surface area contributed by atoms with Crippen LogP contribution in [0.3, 0.4) is 0 Å². The summed E-state index contributed by atoms with van der Waals surface area (Å²) < 4.78 is 23.0. The Kier molecular flexibility index (Phi) is 5.02. The normalized spacial score (nSPS) is 18.2.